The van der Waals surface area contributed by atoms with Crippen molar-refractivity contribution in [1.82, 2.24) is 4.90 Å². The second kappa shape index (κ2) is 8.23. The zero-order valence-electron chi connectivity index (χ0n) is 13.4. The number of carboxylic acids is 1. The van der Waals surface area contributed by atoms with E-state index in [1.165, 1.54) is 12.1 Å². The molecule has 0 saturated carbocycles. The largest absolute Gasteiger partial charge is 0.480 e. The van der Waals surface area contributed by atoms with E-state index in [1.54, 1.807) is 17.9 Å². The molecular weight excluding hydrogens is 302 g/mol. The Bertz CT molecular complexity index is 599. The van der Waals surface area contributed by atoms with Crippen LogP contribution in [0.1, 0.15) is 25.8 Å². The third kappa shape index (κ3) is 5.03. The molecule has 1 aromatic carbocycles. The van der Waals surface area contributed by atoms with E-state index in [0.717, 1.165) is 0 Å². The van der Waals surface area contributed by atoms with Crippen LogP contribution in [0.5, 0.6) is 0 Å². The van der Waals surface area contributed by atoms with Crippen LogP contribution in [0.4, 0.5) is 11.4 Å². The normalized spacial score (nSPS) is 12.0. The maximum Gasteiger partial charge on any atom is 0.321 e. The first kappa shape index (κ1) is 18.6. The molecular formula is C15H21N3O5. The van der Waals surface area contributed by atoms with Gasteiger partial charge in [0.1, 0.15) is 11.7 Å². The zero-order chi connectivity index (χ0) is 17.6. The standard InChI is InChI=1S/C15H21N3O5/c1-4-17(5-2)13(15(20)21)9-14(19)16-11-7-6-10(3)8-12(11)18(22)23/h6-8,13H,4-5,9H2,1-3H3,(H,16,19)(H,20,21). The van der Waals surface area contributed by atoms with Crippen LogP contribution in [0, 0.1) is 17.0 Å². The Morgan fingerprint density at radius 1 is 1.35 bits per heavy atom. The number of aryl methyl sites for hydroxylation is 1. The Labute approximate surface area is 134 Å². The second-order valence-electron chi connectivity index (χ2n) is 5.11. The molecule has 0 fully saturated rings. The van der Waals surface area contributed by atoms with Crippen LogP contribution in [0.25, 0.3) is 0 Å². The van der Waals surface area contributed by atoms with Gasteiger partial charge in [0.25, 0.3) is 5.69 Å². The molecule has 2 N–H and O–H groups in total. The summed E-state index contributed by atoms with van der Waals surface area (Å²) in [5.74, 6) is -1.67. The minimum Gasteiger partial charge on any atom is -0.480 e. The van der Waals surface area contributed by atoms with E-state index in [0.29, 0.717) is 18.7 Å². The summed E-state index contributed by atoms with van der Waals surface area (Å²) in [6, 6.07) is 3.48. The SMILES string of the molecule is CCN(CC)C(CC(=O)Nc1ccc(C)cc1[N+](=O)[O-])C(=O)O. The van der Waals surface area contributed by atoms with E-state index in [9.17, 15) is 24.8 Å². The van der Waals surface area contributed by atoms with Crippen molar-refractivity contribution in [2.24, 2.45) is 0 Å². The van der Waals surface area contributed by atoms with E-state index in [1.807, 2.05) is 13.8 Å². The highest BCUT2D eigenvalue weighted by atomic mass is 16.6. The van der Waals surface area contributed by atoms with Crippen LogP contribution in [-0.4, -0.2) is 45.9 Å². The summed E-state index contributed by atoms with van der Waals surface area (Å²) in [4.78, 5) is 35.5. The predicted octanol–water partition coefficient (Wildman–Crippen LogP) is 2.03. The van der Waals surface area contributed by atoms with Crippen molar-refractivity contribution >= 4 is 23.3 Å². The molecule has 0 aliphatic heterocycles. The summed E-state index contributed by atoms with van der Waals surface area (Å²) in [6.07, 6.45) is -0.276. The summed E-state index contributed by atoms with van der Waals surface area (Å²) in [7, 11) is 0. The van der Waals surface area contributed by atoms with Crippen LogP contribution in [0.3, 0.4) is 0 Å². The number of carbonyl (C=O) groups is 2. The van der Waals surface area contributed by atoms with Crippen LogP contribution in [-0.2, 0) is 9.59 Å². The van der Waals surface area contributed by atoms with E-state index < -0.39 is 22.8 Å². The fourth-order valence-corrected chi connectivity index (χ4v) is 2.31. The van der Waals surface area contributed by atoms with Gasteiger partial charge in [0.15, 0.2) is 0 Å². The molecule has 23 heavy (non-hydrogen) atoms. The maximum atomic E-state index is 12.1. The molecule has 1 rings (SSSR count). The number of benzene rings is 1. The van der Waals surface area contributed by atoms with E-state index in [-0.39, 0.29) is 17.8 Å². The van der Waals surface area contributed by atoms with E-state index in [4.69, 9.17) is 0 Å². The van der Waals surface area contributed by atoms with Crippen molar-refractivity contribution in [3.8, 4) is 0 Å². The van der Waals surface area contributed by atoms with Gasteiger partial charge >= 0.3 is 5.97 Å². The quantitative estimate of drug-likeness (QED) is 0.559. The number of likely N-dealkylation sites (N-methyl/N-ethyl adjacent to an activating group) is 1. The Hall–Kier alpha value is -2.48. The van der Waals surface area contributed by atoms with Gasteiger partial charge in [0.05, 0.1) is 11.3 Å². The van der Waals surface area contributed by atoms with E-state index in [2.05, 4.69) is 5.32 Å². The van der Waals surface area contributed by atoms with Gasteiger partial charge in [-0.2, -0.15) is 0 Å². The molecule has 8 heteroatoms. The van der Waals surface area contributed by atoms with Crippen molar-refractivity contribution in [1.29, 1.82) is 0 Å². The van der Waals surface area contributed by atoms with Gasteiger partial charge in [-0.15, -0.1) is 0 Å². The number of amides is 1. The van der Waals surface area contributed by atoms with Gasteiger partial charge < -0.3 is 10.4 Å². The number of rotatable bonds is 8. The molecule has 0 saturated heterocycles. The Morgan fingerprint density at radius 2 is 1.96 bits per heavy atom. The smallest absolute Gasteiger partial charge is 0.321 e. The number of nitrogens with zero attached hydrogens (tertiary/aromatic N) is 2. The molecule has 1 amide bonds. The fourth-order valence-electron chi connectivity index (χ4n) is 2.31. The lowest BCUT2D eigenvalue weighted by atomic mass is 10.1. The fraction of sp³-hybridized carbons (Fsp3) is 0.467. The molecule has 0 aromatic heterocycles. The molecule has 1 aromatic rings. The molecule has 126 valence electrons. The Balaban J connectivity index is 2.91. The molecule has 0 radical (unpaired) electrons. The summed E-state index contributed by atoms with van der Waals surface area (Å²) in [6.45, 7) is 6.31. The van der Waals surface area contributed by atoms with Crippen molar-refractivity contribution in [2.45, 2.75) is 33.2 Å². The van der Waals surface area contributed by atoms with Gasteiger partial charge in [0, 0.05) is 6.07 Å². The highest BCUT2D eigenvalue weighted by molar-refractivity contribution is 5.95. The Morgan fingerprint density at radius 3 is 2.43 bits per heavy atom. The third-order valence-electron chi connectivity index (χ3n) is 3.54. The molecule has 1 unspecified atom stereocenters. The van der Waals surface area contributed by atoms with Crippen LogP contribution in [0.2, 0.25) is 0 Å². The van der Waals surface area contributed by atoms with Crippen molar-refractivity contribution < 1.29 is 19.6 Å². The number of nitro groups is 1. The average Bonchev–Trinajstić information content (AvgIpc) is 2.48. The summed E-state index contributed by atoms with van der Waals surface area (Å²) < 4.78 is 0. The molecule has 0 aliphatic rings. The van der Waals surface area contributed by atoms with E-state index >= 15 is 0 Å². The molecule has 0 heterocycles. The lowest BCUT2D eigenvalue weighted by molar-refractivity contribution is -0.384. The van der Waals surface area contributed by atoms with Gasteiger partial charge in [-0.05, 0) is 31.6 Å². The lowest BCUT2D eigenvalue weighted by Crippen LogP contribution is -2.43. The number of nitrogens with one attached hydrogen (secondary N) is 1. The number of anilines is 1. The number of hydrogen-bond donors (Lipinski definition) is 2. The number of nitro benzene ring substituents is 1. The van der Waals surface area contributed by atoms with Gasteiger partial charge in [-0.25, -0.2) is 0 Å². The first-order valence-corrected chi connectivity index (χ1v) is 7.31. The third-order valence-corrected chi connectivity index (χ3v) is 3.54. The number of hydrogen-bond acceptors (Lipinski definition) is 5. The van der Waals surface area contributed by atoms with Crippen molar-refractivity contribution in [3.63, 3.8) is 0 Å². The Kier molecular flexibility index (Phi) is 6.65. The van der Waals surface area contributed by atoms with Crippen molar-refractivity contribution in [2.75, 3.05) is 18.4 Å². The summed E-state index contributed by atoms with van der Waals surface area (Å²) >= 11 is 0. The maximum absolute atomic E-state index is 12.1. The lowest BCUT2D eigenvalue weighted by Gasteiger charge is -2.25. The van der Waals surface area contributed by atoms with Gasteiger partial charge in [-0.3, -0.25) is 24.6 Å². The summed E-state index contributed by atoms with van der Waals surface area (Å²) in [5, 5.41) is 22.7. The minimum atomic E-state index is -1.10. The highest BCUT2D eigenvalue weighted by Crippen LogP contribution is 2.25. The zero-order valence-corrected chi connectivity index (χ0v) is 13.4. The van der Waals surface area contributed by atoms with Gasteiger partial charge in [0.2, 0.25) is 5.91 Å². The second-order valence-corrected chi connectivity index (χ2v) is 5.11. The first-order chi connectivity index (χ1) is 10.8. The number of carboxylic acid groups (broad SMARTS) is 1. The number of aliphatic carboxylic acids is 1. The van der Waals surface area contributed by atoms with Crippen LogP contribution >= 0.6 is 0 Å². The van der Waals surface area contributed by atoms with Crippen LogP contribution < -0.4 is 5.32 Å². The first-order valence-electron chi connectivity index (χ1n) is 7.31. The predicted molar refractivity (Wildman–Crippen MR) is 85.4 cm³/mol. The number of carbonyl (C=O) groups excluding carboxylic acids is 1. The highest BCUT2D eigenvalue weighted by Gasteiger charge is 2.27. The molecule has 8 nitrogen and oxygen atoms in total. The van der Waals surface area contributed by atoms with Crippen molar-refractivity contribution in [3.05, 3.63) is 33.9 Å². The molecule has 0 aliphatic carbocycles. The molecule has 0 spiro atoms. The average molecular weight is 323 g/mol. The minimum absolute atomic E-state index is 0.0642. The summed E-state index contributed by atoms with van der Waals surface area (Å²) in [5.41, 5.74) is 0.545. The van der Waals surface area contributed by atoms with Crippen LogP contribution in [0.15, 0.2) is 18.2 Å². The van der Waals surface area contributed by atoms with Gasteiger partial charge in [-0.1, -0.05) is 19.9 Å². The molecule has 1 atom stereocenters. The monoisotopic (exact) mass is 323 g/mol. The molecule has 0 bridgehead atoms. The topological polar surface area (TPSA) is 113 Å².